The van der Waals surface area contributed by atoms with Crippen LogP contribution in [0.2, 0.25) is 5.02 Å². The summed E-state index contributed by atoms with van der Waals surface area (Å²) >= 11 is 5.84. The van der Waals surface area contributed by atoms with Crippen LogP contribution in [0.15, 0.2) is 18.2 Å². The van der Waals surface area contributed by atoms with Crippen molar-refractivity contribution >= 4 is 29.1 Å². The maximum absolute atomic E-state index is 12.6. The maximum Gasteiger partial charge on any atom is 0.240 e. The van der Waals surface area contributed by atoms with Crippen LogP contribution in [-0.4, -0.2) is 18.5 Å². The Morgan fingerprint density at radius 3 is 2.76 bits per heavy atom. The third kappa shape index (κ3) is 2.05. The van der Waals surface area contributed by atoms with Gasteiger partial charge in [0.15, 0.2) is 0 Å². The number of rotatable bonds is 2. The molecule has 2 amide bonds. The summed E-state index contributed by atoms with van der Waals surface area (Å²) in [7, 11) is 0. The van der Waals surface area contributed by atoms with Gasteiger partial charge >= 0.3 is 0 Å². The average molecular weight is 256 g/mol. The third-order valence-corrected chi connectivity index (χ3v) is 3.07. The van der Waals surface area contributed by atoms with Gasteiger partial charge in [-0.2, -0.15) is 0 Å². The normalized spacial score (nSPS) is 20.2. The first-order valence-corrected chi connectivity index (χ1v) is 5.61. The number of anilines is 1. The number of amides is 2. The number of alkyl halides is 1. The molecule has 0 bridgehead atoms. The molecule has 1 aliphatic rings. The molecule has 1 atom stereocenters. The molecule has 90 valence electrons. The predicted molar refractivity (Wildman–Crippen MR) is 62.8 cm³/mol. The molecule has 0 aromatic heterocycles. The number of benzene rings is 1. The largest absolute Gasteiger partial charge is 0.274 e. The van der Waals surface area contributed by atoms with Crippen LogP contribution in [0, 0.1) is 12.8 Å². The van der Waals surface area contributed by atoms with E-state index >= 15 is 0 Å². The SMILES string of the molecule is Cc1ccc(Cl)cc1N1C(=O)CC(CF)C1=O. The molecule has 1 aromatic rings. The summed E-state index contributed by atoms with van der Waals surface area (Å²) in [5.41, 5.74) is 1.21. The number of hydrogen-bond acceptors (Lipinski definition) is 2. The quantitative estimate of drug-likeness (QED) is 0.762. The molecule has 0 aliphatic carbocycles. The summed E-state index contributed by atoms with van der Waals surface area (Å²) in [6.45, 7) is 0.968. The van der Waals surface area contributed by atoms with Crippen molar-refractivity contribution in [3.63, 3.8) is 0 Å². The molecule has 1 unspecified atom stereocenters. The number of hydrogen-bond donors (Lipinski definition) is 0. The van der Waals surface area contributed by atoms with Crippen molar-refractivity contribution in [2.45, 2.75) is 13.3 Å². The highest BCUT2D eigenvalue weighted by Crippen LogP contribution is 2.31. The Labute approximate surface area is 103 Å². The molecule has 0 radical (unpaired) electrons. The van der Waals surface area contributed by atoms with Gasteiger partial charge in [0.05, 0.1) is 11.6 Å². The highest BCUT2D eigenvalue weighted by atomic mass is 35.5. The van der Waals surface area contributed by atoms with Crippen LogP contribution in [0.5, 0.6) is 0 Å². The first-order valence-electron chi connectivity index (χ1n) is 5.23. The van der Waals surface area contributed by atoms with E-state index < -0.39 is 18.5 Å². The highest BCUT2D eigenvalue weighted by molar-refractivity contribution is 6.31. The second kappa shape index (κ2) is 4.45. The van der Waals surface area contributed by atoms with Crippen LogP contribution in [0.1, 0.15) is 12.0 Å². The molecule has 0 N–H and O–H groups in total. The molecule has 1 heterocycles. The minimum absolute atomic E-state index is 0.0682. The zero-order valence-electron chi connectivity index (χ0n) is 9.24. The van der Waals surface area contributed by atoms with Crippen molar-refractivity contribution in [1.82, 2.24) is 0 Å². The molecule has 1 aliphatic heterocycles. The molecule has 0 spiro atoms. The molecule has 0 saturated carbocycles. The van der Waals surface area contributed by atoms with Gasteiger partial charge in [0.2, 0.25) is 11.8 Å². The predicted octanol–water partition coefficient (Wildman–Crippen LogP) is 2.50. The number of carbonyl (C=O) groups excluding carboxylic acids is 2. The Morgan fingerprint density at radius 2 is 2.18 bits per heavy atom. The first kappa shape index (κ1) is 12.0. The lowest BCUT2D eigenvalue weighted by molar-refractivity contribution is -0.122. The van der Waals surface area contributed by atoms with E-state index in [1.54, 1.807) is 25.1 Å². The van der Waals surface area contributed by atoms with Crippen LogP contribution < -0.4 is 4.90 Å². The second-order valence-corrected chi connectivity index (χ2v) is 4.49. The van der Waals surface area contributed by atoms with Gasteiger partial charge < -0.3 is 0 Å². The molecule has 5 heteroatoms. The van der Waals surface area contributed by atoms with E-state index in [4.69, 9.17) is 11.6 Å². The van der Waals surface area contributed by atoms with Crippen molar-refractivity contribution in [3.05, 3.63) is 28.8 Å². The minimum Gasteiger partial charge on any atom is -0.274 e. The van der Waals surface area contributed by atoms with E-state index in [9.17, 15) is 14.0 Å². The van der Waals surface area contributed by atoms with Crippen LogP contribution in [0.25, 0.3) is 0 Å². The lowest BCUT2D eigenvalue weighted by Crippen LogP contribution is -2.31. The second-order valence-electron chi connectivity index (χ2n) is 4.05. The molecular weight excluding hydrogens is 245 g/mol. The zero-order valence-corrected chi connectivity index (χ0v) is 10.00. The molecule has 3 nitrogen and oxygen atoms in total. The van der Waals surface area contributed by atoms with Gasteiger partial charge in [0.1, 0.15) is 6.67 Å². The van der Waals surface area contributed by atoms with Gasteiger partial charge in [-0.1, -0.05) is 17.7 Å². The Balaban J connectivity index is 2.43. The number of nitrogens with zero attached hydrogens (tertiary/aromatic N) is 1. The van der Waals surface area contributed by atoms with Gasteiger partial charge in [-0.05, 0) is 24.6 Å². The molecule has 2 rings (SSSR count). The Morgan fingerprint density at radius 1 is 1.47 bits per heavy atom. The fourth-order valence-electron chi connectivity index (χ4n) is 1.89. The van der Waals surface area contributed by atoms with Gasteiger partial charge in [0.25, 0.3) is 0 Å². The number of halogens is 2. The van der Waals surface area contributed by atoms with E-state index in [2.05, 4.69) is 0 Å². The van der Waals surface area contributed by atoms with Gasteiger partial charge in [-0.25, -0.2) is 4.90 Å². The summed E-state index contributed by atoms with van der Waals surface area (Å²) in [6.07, 6.45) is -0.0682. The average Bonchev–Trinajstić information content (AvgIpc) is 2.58. The van der Waals surface area contributed by atoms with Crippen molar-refractivity contribution in [2.24, 2.45) is 5.92 Å². The van der Waals surface area contributed by atoms with Crippen LogP contribution in [-0.2, 0) is 9.59 Å². The minimum atomic E-state index is -0.846. The topological polar surface area (TPSA) is 37.4 Å². The zero-order chi connectivity index (χ0) is 12.6. The van der Waals surface area contributed by atoms with Gasteiger partial charge in [-0.15, -0.1) is 0 Å². The first-order chi connectivity index (χ1) is 8.04. The van der Waals surface area contributed by atoms with E-state index in [0.717, 1.165) is 10.5 Å². The fourth-order valence-corrected chi connectivity index (χ4v) is 2.06. The monoisotopic (exact) mass is 255 g/mol. The smallest absolute Gasteiger partial charge is 0.240 e. The number of aryl methyl sites for hydroxylation is 1. The Hall–Kier alpha value is -1.42. The van der Waals surface area contributed by atoms with Crippen molar-refractivity contribution in [2.75, 3.05) is 11.6 Å². The van der Waals surface area contributed by atoms with Crippen LogP contribution in [0.3, 0.4) is 0 Å². The molecule has 1 fully saturated rings. The van der Waals surface area contributed by atoms with Crippen molar-refractivity contribution < 1.29 is 14.0 Å². The van der Waals surface area contributed by atoms with E-state index in [0.29, 0.717) is 10.7 Å². The summed E-state index contributed by atoms with van der Waals surface area (Å²) in [5.74, 6) is -1.70. The lowest BCUT2D eigenvalue weighted by atomic mass is 10.1. The van der Waals surface area contributed by atoms with Crippen LogP contribution >= 0.6 is 11.6 Å². The maximum atomic E-state index is 12.6. The summed E-state index contributed by atoms with van der Waals surface area (Å²) in [6, 6.07) is 4.95. The van der Waals surface area contributed by atoms with Gasteiger partial charge in [0, 0.05) is 11.4 Å². The molecule has 1 saturated heterocycles. The van der Waals surface area contributed by atoms with Crippen LogP contribution in [0.4, 0.5) is 10.1 Å². The molecule has 1 aromatic carbocycles. The number of imide groups is 1. The Kier molecular flexibility index (Phi) is 3.15. The fraction of sp³-hybridized carbons (Fsp3) is 0.333. The summed E-state index contributed by atoms with van der Waals surface area (Å²) in [5, 5.41) is 0.440. The lowest BCUT2D eigenvalue weighted by Gasteiger charge is -2.17. The third-order valence-electron chi connectivity index (χ3n) is 2.84. The molecular formula is C12H11ClFNO2. The van der Waals surface area contributed by atoms with E-state index in [1.165, 1.54) is 0 Å². The van der Waals surface area contributed by atoms with E-state index in [1.807, 2.05) is 0 Å². The summed E-state index contributed by atoms with van der Waals surface area (Å²) in [4.78, 5) is 24.6. The van der Waals surface area contributed by atoms with Crippen molar-refractivity contribution in [1.29, 1.82) is 0 Å². The standard InChI is InChI=1S/C12H11ClFNO2/c1-7-2-3-9(13)5-10(7)15-11(16)4-8(6-14)12(15)17/h2-3,5,8H,4,6H2,1H3. The van der Waals surface area contributed by atoms with Gasteiger partial charge in [-0.3, -0.25) is 14.0 Å². The Bertz CT molecular complexity index is 489. The van der Waals surface area contributed by atoms with E-state index in [-0.39, 0.29) is 12.3 Å². The number of carbonyl (C=O) groups is 2. The summed E-state index contributed by atoms with van der Waals surface area (Å²) < 4.78 is 12.6. The highest BCUT2D eigenvalue weighted by Gasteiger charge is 2.39. The van der Waals surface area contributed by atoms with Crippen molar-refractivity contribution in [3.8, 4) is 0 Å². The molecule has 17 heavy (non-hydrogen) atoms.